The van der Waals surface area contributed by atoms with E-state index < -0.39 is 0 Å². The lowest BCUT2D eigenvalue weighted by molar-refractivity contribution is 0.0474. The summed E-state index contributed by atoms with van der Waals surface area (Å²) in [6.07, 6.45) is 4.62. The zero-order valence-electron chi connectivity index (χ0n) is 10.4. The summed E-state index contributed by atoms with van der Waals surface area (Å²) in [7, 11) is 0. The maximum Gasteiger partial charge on any atom is 0.315 e. The van der Waals surface area contributed by atoms with Crippen LogP contribution in [0.4, 0.5) is 4.79 Å². The highest BCUT2D eigenvalue weighted by molar-refractivity contribution is 5.74. The zero-order chi connectivity index (χ0) is 12.1. The quantitative estimate of drug-likeness (QED) is 0.782. The lowest BCUT2D eigenvalue weighted by Gasteiger charge is -2.27. The molecule has 5 heteroatoms. The van der Waals surface area contributed by atoms with Gasteiger partial charge in [-0.3, -0.25) is 0 Å². The monoisotopic (exact) mass is 242 g/mol. The Balaban J connectivity index is 1.60. The molecule has 1 saturated carbocycles. The molecule has 0 aromatic rings. The summed E-state index contributed by atoms with van der Waals surface area (Å²) in [5, 5.41) is 5.85. The molecule has 0 spiro atoms. The van der Waals surface area contributed by atoms with Gasteiger partial charge in [-0.25, -0.2) is 4.79 Å². The van der Waals surface area contributed by atoms with Gasteiger partial charge >= 0.3 is 6.03 Å². The maximum absolute atomic E-state index is 11.6. The van der Waals surface area contributed by atoms with Gasteiger partial charge in [-0.15, -0.1) is 0 Å². The maximum atomic E-state index is 11.6. The number of amides is 2. The molecule has 1 atom stereocenters. The molecule has 0 aromatic carbocycles. The summed E-state index contributed by atoms with van der Waals surface area (Å²) in [6.45, 7) is 3.71. The number of carbonyl (C=O) groups excluding carboxylic acids is 1. The second kappa shape index (κ2) is 6.21. The number of carbonyl (C=O) groups is 1. The van der Waals surface area contributed by atoms with Gasteiger partial charge in [-0.2, -0.15) is 0 Å². The third-order valence-electron chi connectivity index (χ3n) is 3.53. The normalized spacial score (nSPS) is 33.4. The van der Waals surface area contributed by atoms with Crippen molar-refractivity contribution in [1.82, 2.24) is 10.6 Å². The number of urea groups is 1. The van der Waals surface area contributed by atoms with E-state index in [0.29, 0.717) is 26.0 Å². The van der Waals surface area contributed by atoms with Crippen LogP contribution < -0.4 is 10.6 Å². The third-order valence-corrected chi connectivity index (χ3v) is 3.53. The van der Waals surface area contributed by atoms with Crippen molar-refractivity contribution in [2.24, 2.45) is 5.92 Å². The van der Waals surface area contributed by atoms with E-state index in [0.717, 1.165) is 18.8 Å². The number of hydrogen-bond donors (Lipinski definition) is 2. The topological polar surface area (TPSA) is 59.6 Å². The SMILES string of the molecule is CC1CCC(NC(=O)NCC2COCO2)CC1. The van der Waals surface area contributed by atoms with E-state index in [-0.39, 0.29) is 12.1 Å². The van der Waals surface area contributed by atoms with Crippen molar-refractivity contribution in [1.29, 1.82) is 0 Å². The van der Waals surface area contributed by atoms with E-state index in [9.17, 15) is 4.79 Å². The van der Waals surface area contributed by atoms with E-state index in [2.05, 4.69) is 17.6 Å². The highest BCUT2D eigenvalue weighted by Gasteiger charge is 2.21. The number of ether oxygens (including phenoxy) is 2. The average Bonchev–Trinajstić information content (AvgIpc) is 2.83. The first-order valence-electron chi connectivity index (χ1n) is 6.47. The first kappa shape index (κ1) is 12.6. The largest absolute Gasteiger partial charge is 0.353 e. The second-order valence-corrected chi connectivity index (χ2v) is 5.09. The molecule has 5 nitrogen and oxygen atoms in total. The second-order valence-electron chi connectivity index (χ2n) is 5.09. The van der Waals surface area contributed by atoms with Crippen molar-refractivity contribution < 1.29 is 14.3 Å². The van der Waals surface area contributed by atoms with Crippen LogP contribution in [0, 0.1) is 5.92 Å². The van der Waals surface area contributed by atoms with Gasteiger partial charge < -0.3 is 20.1 Å². The van der Waals surface area contributed by atoms with Crippen LogP contribution in [-0.2, 0) is 9.47 Å². The average molecular weight is 242 g/mol. The molecule has 2 fully saturated rings. The Morgan fingerprint density at radius 1 is 1.29 bits per heavy atom. The van der Waals surface area contributed by atoms with Crippen molar-refractivity contribution in [2.75, 3.05) is 19.9 Å². The minimum absolute atomic E-state index is 0.00660. The minimum atomic E-state index is -0.0833. The summed E-state index contributed by atoms with van der Waals surface area (Å²) >= 11 is 0. The Morgan fingerprint density at radius 2 is 2.06 bits per heavy atom. The van der Waals surface area contributed by atoms with Crippen molar-refractivity contribution in [3.05, 3.63) is 0 Å². The molecule has 1 unspecified atom stereocenters. The van der Waals surface area contributed by atoms with E-state index in [1.54, 1.807) is 0 Å². The number of hydrogen-bond acceptors (Lipinski definition) is 3. The smallest absolute Gasteiger partial charge is 0.315 e. The first-order chi connectivity index (χ1) is 8.24. The molecular weight excluding hydrogens is 220 g/mol. The predicted octanol–water partition coefficient (Wildman–Crippen LogP) is 1.24. The van der Waals surface area contributed by atoms with Crippen molar-refractivity contribution >= 4 is 6.03 Å². The van der Waals surface area contributed by atoms with Crippen LogP contribution in [0.15, 0.2) is 0 Å². The number of nitrogens with one attached hydrogen (secondary N) is 2. The summed E-state index contributed by atoms with van der Waals surface area (Å²) < 4.78 is 10.3. The van der Waals surface area contributed by atoms with Crippen LogP contribution in [0.2, 0.25) is 0 Å². The van der Waals surface area contributed by atoms with E-state index in [1.807, 2.05) is 0 Å². The van der Waals surface area contributed by atoms with Crippen LogP contribution in [-0.4, -0.2) is 38.1 Å². The van der Waals surface area contributed by atoms with Crippen molar-refractivity contribution in [3.8, 4) is 0 Å². The molecule has 2 N–H and O–H groups in total. The molecule has 1 aliphatic heterocycles. The fraction of sp³-hybridized carbons (Fsp3) is 0.917. The van der Waals surface area contributed by atoms with Gasteiger partial charge in [0, 0.05) is 12.6 Å². The fourth-order valence-electron chi connectivity index (χ4n) is 2.34. The molecule has 17 heavy (non-hydrogen) atoms. The van der Waals surface area contributed by atoms with Gasteiger partial charge in [0.15, 0.2) is 0 Å². The highest BCUT2D eigenvalue weighted by atomic mass is 16.7. The van der Waals surface area contributed by atoms with Gasteiger partial charge in [-0.05, 0) is 31.6 Å². The summed E-state index contributed by atoms with van der Waals surface area (Å²) in [5.41, 5.74) is 0. The molecule has 2 amide bonds. The Kier molecular flexibility index (Phi) is 4.62. The Labute approximate surface area is 102 Å². The lowest BCUT2D eigenvalue weighted by Crippen LogP contribution is -2.45. The molecule has 1 saturated heterocycles. The molecule has 1 aliphatic carbocycles. The standard InChI is InChI=1S/C12H22N2O3/c1-9-2-4-10(5-3-9)14-12(15)13-6-11-7-16-8-17-11/h9-11H,2-8H2,1H3,(H2,13,14,15). The molecule has 1 heterocycles. The molecule has 2 aliphatic rings. The van der Waals surface area contributed by atoms with Crippen LogP contribution >= 0.6 is 0 Å². The zero-order valence-corrected chi connectivity index (χ0v) is 10.4. The third kappa shape index (κ3) is 4.16. The molecule has 0 radical (unpaired) electrons. The van der Waals surface area contributed by atoms with Crippen LogP contribution in [0.25, 0.3) is 0 Å². The van der Waals surface area contributed by atoms with Gasteiger partial charge in [-0.1, -0.05) is 6.92 Å². The molecule has 0 aromatic heterocycles. The molecule has 98 valence electrons. The van der Waals surface area contributed by atoms with Crippen LogP contribution in [0.5, 0.6) is 0 Å². The van der Waals surface area contributed by atoms with Crippen LogP contribution in [0.3, 0.4) is 0 Å². The van der Waals surface area contributed by atoms with Crippen LogP contribution in [0.1, 0.15) is 32.6 Å². The predicted molar refractivity (Wildman–Crippen MR) is 63.6 cm³/mol. The van der Waals surface area contributed by atoms with Gasteiger partial charge in [0.2, 0.25) is 0 Å². The van der Waals surface area contributed by atoms with Gasteiger partial charge in [0.1, 0.15) is 12.9 Å². The fourth-order valence-corrected chi connectivity index (χ4v) is 2.34. The summed E-state index contributed by atoms with van der Waals surface area (Å²) in [4.78, 5) is 11.6. The first-order valence-corrected chi connectivity index (χ1v) is 6.47. The molecule has 0 bridgehead atoms. The number of rotatable bonds is 3. The van der Waals surface area contributed by atoms with Crippen molar-refractivity contribution in [2.45, 2.75) is 44.8 Å². The van der Waals surface area contributed by atoms with E-state index >= 15 is 0 Å². The highest BCUT2D eigenvalue weighted by Crippen LogP contribution is 2.23. The Hall–Kier alpha value is -0.810. The summed E-state index contributed by atoms with van der Waals surface area (Å²) in [6, 6.07) is 0.256. The molecule has 2 rings (SSSR count). The summed E-state index contributed by atoms with van der Waals surface area (Å²) in [5.74, 6) is 0.806. The molecular formula is C12H22N2O3. The lowest BCUT2D eigenvalue weighted by atomic mass is 9.87. The van der Waals surface area contributed by atoms with E-state index in [4.69, 9.17) is 9.47 Å². The Bertz CT molecular complexity index is 246. The minimum Gasteiger partial charge on any atom is -0.353 e. The van der Waals surface area contributed by atoms with Gasteiger partial charge in [0.05, 0.1) is 6.61 Å². The van der Waals surface area contributed by atoms with E-state index in [1.165, 1.54) is 12.8 Å². The Morgan fingerprint density at radius 3 is 2.71 bits per heavy atom. The van der Waals surface area contributed by atoms with Gasteiger partial charge in [0.25, 0.3) is 0 Å². The van der Waals surface area contributed by atoms with Crippen molar-refractivity contribution in [3.63, 3.8) is 0 Å².